The molecule has 3 atom stereocenters. The van der Waals surface area contributed by atoms with Gasteiger partial charge in [-0.15, -0.1) is 0 Å². The molecule has 0 amide bonds. The van der Waals surface area contributed by atoms with Gasteiger partial charge >= 0.3 is 5.97 Å². The molecule has 27 heavy (non-hydrogen) atoms. The molecule has 0 aromatic heterocycles. The minimum Gasteiger partial charge on any atom is -0.455 e. The Morgan fingerprint density at radius 3 is 2.07 bits per heavy atom. The summed E-state index contributed by atoms with van der Waals surface area (Å²) >= 11 is 0. The van der Waals surface area contributed by atoms with Crippen LogP contribution in [0.15, 0.2) is 30.3 Å². The fourth-order valence-corrected chi connectivity index (χ4v) is 11.9. The Bertz CT molecular complexity index is 575. The smallest absolute Gasteiger partial charge is 0.303 e. The molecule has 0 bridgehead atoms. The van der Waals surface area contributed by atoms with Gasteiger partial charge in [0.15, 0.2) is 6.10 Å². The average molecular weight is 391 g/mol. The van der Waals surface area contributed by atoms with Crippen molar-refractivity contribution in [2.75, 3.05) is 0 Å². The zero-order chi connectivity index (χ0) is 20.2. The van der Waals surface area contributed by atoms with E-state index in [0.29, 0.717) is 0 Å². The molecule has 1 unspecified atom stereocenters. The van der Waals surface area contributed by atoms with Crippen LogP contribution >= 0.6 is 0 Å². The summed E-state index contributed by atoms with van der Waals surface area (Å²) in [6.45, 7) is 15.9. The van der Waals surface area contributed by atoms with Crippen LogP contribution in [0.1, 0.15) is 73.0 Å². The molecular weight excluding hydrogens is 352 g/mol. The molecule has 1 saturated heterocycles. The number of hydrogen-bond donors (Lipinski definition) is 0. The van der Waals surface area contributed by atoms with Gasteiger partial charge in [0.1, 0.15) is 0 Å². The summed E-state index contributed by atoms with van der Waals surface area (Å²) in [4.78, 5) is 11.7. The van der Waals surface area contributed by atoms with E-state index in [1.807, 2.05) is 30.3 Å². The number of carbonyl (C=O) groups is 1. The van der Waals surface area contributed by atoms with Gasteiger partial charge < -0.3 is 9.47 Å². The molecule has 4 heteroatoms. The van der Waals surface area contributed by atoms with Crippen molar-refractivity contribution in [1.82, 2.24) is 0 Å². The summed E-state index contributed by atoms with van der Waals surface area (Å²) in [5.41, 5.74) is 3.23. The molecule has 0 saturated carbocycles. The van der Waals surface area contributed by atoms with E-state index in [9.17, 15) is 4.79 Å². The quantitative estimate of drug-likeness (QED) is 0.374. The largest absolute Gasteiger partial charge is 0.455 e. The molecule has 1 aromatic carbocycles. The van der Waals surface area contributed by atoms with Gasteiger partial charge in [-0.25, -0.2) is 0 Å². The molecule has 1 aromatic rings. The van der Waals surface area contributed by atoms with Gasteiger partial charge in [-0.1, -0.05) is 88.5 Å². The van der Waals surface area contributed by atoms with Crippen LogP contribution in [-0.4, -0.2) is 26.3 Å². The van der Waals surface area contributed by atoms with Crippen LogP contribution < -0.4 is 0 Å². The van der Waals surface area contributed by atoms with Crippen molar-refractivity contribution in [2.45, 2.75) is 102 Å². The summed E-state index contributed by atoms with van der Waals surface area (Å²) < 4.78 is 12.2. The van der Waals surface area contributed by atoms with E-state index in [4.69, 9.17) is 9.47 Å². The summed E-state index contributed by atoms with van der Waals surface area (Å²) in [6.07, 6.45) is 1.96. The summed E-state index contributed by atoms with van der Waals surface area (Å²) in [5, 5.41) is 0. The minimum absolute atomic E-state index is 0.0421. The van der Waals surface area contributed by atoms with Gasteiger partial charge in [0, 0.05) is 6.92 Å². The zero-order valence-electron chi connectivity index (χ0n) is 18.2. The van der Waals surface area contributed by atoms with E-state index in [-0.39, 0.29) is 24.3 Å². The van der Waals surface area contributed by atoms with E-state index in [1.165, 1.54) is 13.0 Å². The molecule has 0 N–H and O–H groups in total. The highest BCUT2D eigenvalue weighted by molar-refractivity contribution is 6.83. The van der Waals surface area contributed by atoms with Crippen LogP contribution in [0.5, 0.6) is 0 Å². The maximum atomic E-state index is 11.7. The standard InChI is InChI=1S/C23H38O3Si/c1-16(2)27(17(3)4,18(5)6)15-21-13-14-22(26-21)23(25-19(7)24)20-11-9-8-10-12-20/h8-12,16-18,21-23H,13-15H2,1-7H3/t21-,22-,23?/m1/s1. The molecule has 1 heterocycles. The number of carbonyl (C=O) groups excluding carboxylic acids is 1. The molecule has 0 radical (unpaired) electrons. The predicted octanol–water partition coefficient (Wildman–Crippen LogP) is 6.52. The van der Waals surface area contributed by atoms with Crippen molar-refractivity contribution in [3.8, 4) is 0 Å². The number of esters is 1. The second-order valence-electron chi connectivity index (χ2n) is 9.10. The number of ether oxygens (including phenoxy) is 2. The van der Waals surface area contributed by atoms with Crippen LogP contribution in [-0.2, 0) is 14.3 Å². The van der Waals surface area contributed by atoms with E-state index in [0.717, 1.165) is 35.0 Å². The predicted molar refractivity (Wildman–Crippen MR) is 115 cm³/mol. The van der Waals surface area contributed by atoms with E-state index < -0.39 is 8.07 Å². The number of rotatable bonds is 8. The molecular formula is C23H38O3Si. The lowest BCUT2D eigenvalue weighted by molar-refractivity contribution is -0.154. The first-order chi connectivity index (χ1) is 12.7. The van der Waals surface area contributed by atoms with Crippen molar-refractivity contribution >= 4 is 14.0 Å². The van der Waals surface area contributed by atoms with Crippen LogP contribution in [0.25, 0.3) is 0 Å². The molecule has 0 spiro atoms. The molecule has 1 fully saturated rings. The van der Waals surface area contributed by atoms with Gasteiger partial charge in [0.05, 0.1) is 20.3 Å². The molecule has 1 aliphatic rings. The second kappa shape index (κ2) is 9.38. The highest BCUT2D eigenvalue weighted by atomic mass is 28.3. The second-order valence-corrected chi connectivity index (χ2v) is 15.2. The third kappa shape index (κ3) is 5.03. The molecule has 3 nitrogen and oxygen atoms in total. The Morgan fingerprint density at radius 1 is 1.04 bits per heavy atom. The van der Waals surface area contributed by atoms with Gasteiger partial charge in [-0.3, -0.25) is 4.79 Å². The van der Waals surface area contributed by atoms with Crippen LogP contribution in [0, 0.1) is 0 Å². The lowest BCUT2D eigenvalue weighted by atomic mass is 10.0. The fraction of sp³-hybridized carbons (Fsp3) is 0.696. The van der Waals surface area contributed by atoms with Gasteiger partial charge in [0.2, 0.25) is 0 Å². The van der Waals surface area contributed by atoms with Gasteiger partial charge in [-0.05, 0) is 24.4 Å². The Morgan fingerprint density at radius 2 is 1.59 bits per heavy atom. The average Bonchev–Trinajstić information content (AvgIpc) is 3.05. The minimum atomic E-state index is -1.50. The van der Waals surface area contributed by atoms with E-state index in [2.05, 4.69) is 41.5 Å². The lowest BCUT2D eigenvalue weighted by Crippen LogP contribution is -2.47. The van der Waals surface area contributed by atoms with Crippen molar-refractivity contribution in [2.24, 2.45) is 0 Å². The Balaban J connectivity index is 2.17. The zero-order valence-corrected chi connectivity index (χ0v) is 19.2. The molecule has 1 aliphatic heterocycles. The maximum Gasteiger partial charge on any atom is 0.303 e. The number of benzene rings is 1. The highest BCUT2D eigenvalue weighted by Gasteiger charge is 2.46. The fourth-order valence-electron chi connectivity index (χ4n) is 5.39. The summed E-state index contributed by atoms with van der Waals surface area (Å²) in [5.74, 6) is -0.244. The SMILES string of the molecule is CC(=O)OC(c1ccccc1)[C@H]1CC[C@H](C[Si](C(C)C)(C(C)C)C(C)C)O1. The van der Waals surface area contributed by atoms with Crippen molar-refractivity contribution < 1.29 is 14.3 Å². The summed E-state index contributed by atoms with van der Waals surface area (Å²) in [6, 6.07) is 11.2. The number of hydrogen-bond acceptors (Lipinski definition) is 3. The molecule has 0 aliphatic carbocycles. The maximum absolute atomic E-state index is 11.7. The van der Waals surface area contributed by atoms with E-state index >= 15 is 0 Å². The Labute approximate surface area is 166 Å². The van der Waals surface area contributed by atoms with Crippen molar-refractivity contribution in [3.63, 3.8) is 0 Å². The van der Waals surface area contributed by atoms with Gasteiger partial charge in [-0.2, -0.15) is 0 Å². The normalized spacial score (nSPS) is 21.9. The third-order valence-corrected chi connectivity index (χ3v) is 14.3. The molecule has 2 rings (SSSR count). The van der Waals surface area contributed by atoms with Crippen LogP contribution in [0.3, 0.4) is 0 Å². The first kappa shape index (κ1) is 22.2. The molecule has 152 valence electrons. The highest BCUT2D eigenvalue weighted by Crippen LogP contribution is 2.47. The van der Waals surface area contributed by atoms with Crippen LogP contribution in [0.2, 0.25) is 22.7 Å². The summed E-state index contributed by atoms with van der Waals surface area (Å²) in [7, 11) is -1.50. The Hall–Kier alpha value is -1.13. The van der Waals surface area contributed by atoms with Crippen LogP contribution in [0.4, 0.5) is 0 Å². The first-order valence-corrected chi connectivity index (χ1v) is 13.0. The van der Waals surface area contributed by atoms with Crippen molar-refractivity contribution in [1.29, 1.82) is 0 Å². The van der Waals surface area contributed by atoms with Crippen molar-refractivity contribution in [3.05, 3.63) is 35.9 Å². The topological polar surface area (TPSA) is 35.5 Å². The third-order valence-electron chi connectivity index (χ3n) is 6.71. The van der Waals surface area contributed by atoms with E-state index in [1.54, 1.807) is 0 Å². The van der Waals surface area contributed by atoms with Gasteiger partial charge in [0.25, 0.3) is 0 Å². The monoisotopic (exact) mass is 390 g/mol. The Kier molecular flexibility index (Phi) is 7.70. The first-order valence-electron chi connectivity index (χ1n) is 10.6. The lowest BCUT2D eigenvalue weighted by Gasteiger charge is -2.44.